The summed E-state index contributed by atoms with van der Waals surface area (Å²) in [4.78, 5) is 13.8. The first-order valence-electron chi connectivity index (χ1n) is 5.63. The van der Waals surface area contributed by atoms with Crippen molar-refractivity contribution < 1.29 is 18.8 Å². The van der Waals surface area contributed by atoms with Crippen LogP contribution in [-0.4, -0.2) is 51.8 Å². The lowest BCUT2D eigenvalue weighted by Crippen LogP contribution is -2.41. The van der Waals surface area contributed by atoms with Crippen molar-refractivity contribution in [3.63, 3.8) is 0 Å². The molecule has 0 atom stereocenters. The number of phenolic OH excluding ortho intramolecular Hbond substituents is 1. The number of hydrogen-bond donors (Lipinski definition) is 1. The number of rotatable bonds is 2. The fourth-order valence-corrected chi connectivity index (χ4v) is 2.92. The number of aromatic hydroxyl groups is 1. The van der Waals surface area contributed by atoms with Crippen molar-refractivity contribution in [1.29, 1.82) is 0 Å². The lowest BCUT2D eigenvalue weighted by Gasteiger charge is -2.26. The van der Waals surface area contributed by atoms with E-state index in [9.17, 15) is 14.1 Å². The van der Waals surface area contributed by atoms with Gasteiger partial charge in [-0.25, -0.2) is 0 Å². The van der Waals surface area contributed by atoms with Crippen LogP contribution in [0, 0.1) is 0 Å². The van der Waals surface area contributed by atoms with E-state index < -0.39 is 10.8 Å². The Hall–Kier alpha value is -1.56. The van der Waals surface area contributed by atoms with Crippen molar-refractivity contribution >= 4 is 16.7 Å². The maximum Gasteiger partial charge on any atom is 0.257 e. The number of para-hydroxylation sites is 1. The molecule has 0 aromatic heterocycles. The van der Waals surface area contributed by atoms with E-state index in [0.29, 0.717) is 24.6 Å². The molecule has 1 aliphatic rings. The molecule has 0 bridgehead atoms. The van der Waals surface area contributed by atoms with Gasteiger partial charge in [0.25, 0.3) is 5.91 Å². The predicted molar refractivity (Wildman–Crippen MR) is 68.4 cm³/mol. The maximum absolute atomic E-state index is 12.2. The molecule has 0 aliphatic carbocycles. The van der Waals surface area contributed by atoms with Gasteiger partial charge in [-0.05, 0) is 12.1 Å². The van der Waals surface area contributed by atoms with Crippen LogP contribution in [0.4, 0.5) is 0 Å². The SMILES string of the molecule is COc1cccc(C(=O)N2CCS(=O)CC2)c1O. The average molecular weight is 269 g/mol. The van der Waals surface area contributed by atoms with Crippen molar-refractivity contribution in [3.05, 3.63) is 23.8 Å². The van der Waals surface area contributed by atoms with Crippen molar-refractivity contribution in [2.24, 2.45) is 0 Å². The monoisotopic (exact) mass is 269 g/mol. The molecular weight excluding hydrogens is 254 g/mol. The highest BCUT2D eigenvalue weighted by Gasteiger charge is 2.24. The zero-order chi connectivity index (χ0) is 13.1. The number of amides is 1. The van der Waals surface area contributed by atoms with E-state index in [-0.39, 0.29) is 23.0 Å². The molecule has 1 amide bonds. The molecule has 1 fully saturated rings. The molecule has 0 radical (unpaired) electrons. The normalized spacial score (nSPS) is 16.6. The van der Waals surface area contributed by atoms with E-state index in [4.69, 9.17) is 4.74 Å². The minimum absolute atomic E-state index is 0.142. The van der Waals surface area contributed by atoms with E-state index in [0.717, 1.165) is 0 Å². The highest BCUT2D eigenvalue weighted by atomic mass is 32.2. The number of hydrogen-bond acceptors (Lipinski definition) is 4. The molecule has 0 unspecified atom stereocenters. The van der Waals surface area contributed by atoms with Gasteiger partial charge in [0.2, 0.25) is 0 Å². The van der Waals surface area contributed by atoms with Crippen LogP contribution in [0.1, 0.15) is 10.4 Å². The molecule has 18 heavy (non-hydrogen) atoms. The number of carbonyl (C=O) groups is 1. The fraction of sp³-hybridized carbons (Fsp3) is 0.417. The number of methoxy groups -OCH3 is 1. The molecule has 5 nitrogen and oxygen atoms in total. The highest BCUT2D eigenvalue weighted by Crippen LogP contribution is 2.30. The van der Waals surface area contributed by atoms with Crippen LogP contribution in [0.25, 0.3) is 0 Å². The van der Waals surface area contributed by atoms with Crippen LogP contribution >= 0.6 is 0 Å². The molecule has 1 heterocycles. The van der Waals surface area contributed by atoms with Crippen molar-refractivity contribution in [1.82, 2.24) is 4.90 Å². The van der Waals surface area contributed by atoms with E-state index in [1.54, 1.807) is 23.1 Å². The average Bonchev–Trinajstić information content (AvgIpc) is 2.39. The van der Waals surface area contributed by atoms with E-state index in [1.165, 1.54) is 7.11 Å². The summed E-state index contributed by atoms with van der Waals surface area (Å²) in [6, 6.07) is 4.82. The first-order chi connectivity index (χ1) is 8.63. The van der Waals surface area contributed by atoms with Gasteiger partial charge in [0.05, 0.1) is 12.7 Å². The Balaban J connectivity index is 2.21. The van der Waals surface area contributed by atoms with E-state index in [2.05, 4.69) is 0 Å². The molecule has 1 saturated heterocycles. The van der Waals surface area contributed by atoms with Gasteiger partial charge in [-0.2, -0.15) is 0 Å². The third-order valence-electron chi connectivity index (χ3n) is 2.91. The first-order valence-corrected chi connectivity index (χ1v) is 7.12. The van der Waals surface area contributed by atoms with Crippen molar-refractivity contribution in [2.45, 2.75) is 0 Å². The largest absolute Gasteiger partial charge is 0.504 e. The second-order valence-electron chi connectivity index (χ2n) is 4.00. The van der Waals surface area contributed by atoms with E-state index >= 15 is 0 Å². The molecule has 1 aliphatic heterocycles. The Morgan fingerprint density at radius 2 is 2.06 bits per heavy atom. The summed E-state index contributed by atoms with van der Waals surface area (Å²) < 4.78 is 16.2. The van der Waals surface area contributed by atoms with Gasteiger partial charge in [-0.15, -0.1) is 0 Å². The first kappa shape index (κ1) is 12.9. The second kappa shape index (κ2) is 5.39. The Morgan fingerprint density at radius 1 is 1.39 bits per heavy atom. The number of ether oxygens (including phenoxy) is 1. The number of benzene rings is 1. The Kier molecular flexibility index (Phi) is 3.86. The summed E-state index contributed by atoms with van der Waals surface area (Å²) in [6.45, 7) is 0.921. The summed E-state index contributed by atoms with van der Waals surface area (Å²) in [5, 5.41) is 9.91. The molecule has 1 aromatic rings. The number of nitrogens with zero attached hydrogens (tertiary/aromatic N) is 1. The van der Waals surface area contributed by atoms with Crippen LogP contribution in [0.15, 0.2) is 18.2 Å². The summed E-state index contributed by atoms with van der Waals surface area (Å²) >= 11 is 0. The molecular formula is C12H15NO4S. The van der Waals surface area contributed by atoms with Crippen LogP contribution in [0.2, 0.25) is 0 Å². The minimum atomic E-state index is -0.826. The van der Waals surface area contributed by atoms with Crippen LogP contribution < -0.4 is 4.74 Å². The molecule has 2 rings (SSSR count). The molecule has 1 aromatic carbocycles. The summed E-state index contributed by atoms with van der Waals surface area (Å²) in [7, 11) is 0.612. The lowest BCUT2D eigenvalue weighted by atomic mass is 10.1. The predicted octanol–water partition coefficient (Wildman–Crippen LogP) is 0.605. The number of phenols is 1. The topological polar surface area (TPSA) is 66.8 Å². The van der Waals surface area contributed by atoms with Crippen molar-refractivity contribution in [3.8, 4) is 11.5 Å². The smallest absolute Gasteiger partial charge is 0.257 e. The van der Waals surface area contributed by atoms with Crippen LogP contribution in [0.3, 0.4) is 0 Å². The maximum atomic E-state index is 12.2. The fourth-order valence-electron chi connectivity index (χ4n) is 1.87. The van der Waals surface area contributed by atoms with Gasteiger partial charge in [0.15, 0.2) is 11.5 Å². The minimum Gasteiger partial charge on any atom is -0.504 e. The molecule has 0 spiro atoms. The quantitative estimate of drug-likeness (QED) is 0.854. The third-order valence-corrected chi connectivity index (χ3v) is 4.19. The Morgan fingerprint density at radius 3 is 2.67 bits per heavy atom. The van der Waals surface area contributed by atoms with Crippen molar-refractivity contribution in [2.75, 3.05) is 31.7 Å². The summed E-state index contributed by atoms with van der Waals surface area (Å²) in [5.41, 5.74) is 0.224. The highest BCUT2D eigenvalue weighted by molar-refractivity contribution is 7.85. The molecule has 1 N–H and O–H groups in total. The zero-order valence-corrected chi connectivity index (χ0v) is 10.9. The molecule has 0 saturated carbocycles. The van der Waals surface area contributed by atoms with Gasteiger partial charge in [0, 0.05) is 35.4 Å². The summed E-state index contributed by atoms with van der Waals surface area (Å²) in [5.74, 6) is 0.883. The van der Waals surface area contributed by atoms with Crippen LogP contribution in [-0.2, 0) is 10.8 Å². The Labute approximate surface area is 108 Å². The van der Waals surface area contributed by atoms with E-state index in [1.807, 2.05) is 0 Å². The molecule has 6 heteroatoms. The lowest BCUT2D eigenvalue weighted by molar-refractivity contribution is 0.0767. The van der Waals surface area contributed by atoms with Gasteiger partial charge >= 0.3 is 0 Å². The number of carbonyl (C=O) groups excluding carboxylic acids is 1. The standard InChI is InChI=1S/C12H15NO4S/c1-17-10-4-2-3-9(11(10)14)12(15)13-5-7-18(16)8-6-13/h2-4,14H,5-8H2,1H3. The summed E-state index contributed by atoms with van der Waals surface area (Å²) in [6.07, 6.45) is 0. The van der Waals surface area contributed by atoms with Crippen LogP contribution in [0.5, 0.6) is 11.5 Å². The Bertz CT molecular complexity index is 479. The third kappa shape index (κ3) is 2.48. The zero-order valence-electron chi connectivity index (χ0n) is 10.1. The van der Waals surface area contributed by atoms with Gasteiger partial charge in [0.1, 0.15) is 0 Å². The van der Waals surface area contributed by atoms with Gasteiger partial charge < -0.3 is 14.7 Å². The second-order valence-corrected chi connectivity index (χ2v) is 5.69. The van der Waals surface area contributed by atoms with Gasteiger partial charge in [-0.3, -0.25) is 9.00 Å². The van der Waals surface area contributed by atoms with Gasteiger partial charge in [-0.1, -0.05) is 6.07 Å². The molecule has 98 valence electrons.